The first-order chi connectivity index (χ1) is 12.4. The fraction of sp³-hybridized carbons (Fsp3) is 0.222. The minimum Gasteiger partial charge on any atom is -0.496 e. The highest BCUT2D eigenvalue weighted by Gasteiger charge is 2.30. The van der Waals surface area contributed by atoms with Gasteiger partial charge >= 0.3 is 6.18 Å². The van der Waals surface area contributed by atoms with E-state index in [0.717, 1.165) is 17.7 Å². The molecule has 3 aromatic rings. The Labute approximate surface area is 153 Å². The highest BCUT2D eigenvalue weighted by atomic mass is 32.2. The number of hydrogen-bond donors (Lipinski definition) is 0. The zero-order valence-corrected chi connectivity index (χ0v) is 14.9. The van der Waals surface area contributed by atoms with E-state index >= 15 is 0 Å². The molecule has 0 radical (unpaired) electrons. The molecule has 0 atom stereocenters. The Kier molecular flexibility index (Phi) is 5.22. The molecule has 136 valence electrons. The SMILES string of the molecule is COc1ccccc1-c1nnc(SCc2cccc(C(F)(F)F)c2)n1C. The van der Waals surface area contributed by atoms with Gasteiger partial charge in [-0.3, -0.25) is 0 Å². The molecule has 0 saturated carbocycles. The Morgan fingerprint density at radius 2 is 1.85 bits per heavy atom. The van der Waals surface area contributed by atoms with E-state index < -0.39 is 11.7 Å². The number of halogens is 3. The van der Waals surface area contributed by atoms with Crippen molar-refractivity contribution in [3.63, 3.8) is 0 Å². The van der Waals surface area contributed by atoms with Crippen LogP contribution < -0.4 is 4.74 Å². The Hall–Kier alpha value is -2.48. The van der Waals surface area contributed by atoms with E-state index in [0.29, 0.717) is 28.0 Å². The van der Waals surface area contributed by atoms with Crippen molar-refractivity contribution in [2.45, 2.75) is 17.1 Å². The van der Waals surface area contributed by atoms with Crippen LogP contribution >= 0.6 is 11.8 Å². The third-order valence-corrected chi connectivity index (χ3v) is 4.90. The molecular weight excluding hydrogens is 363 g/mol. The number of aromatic nitrogens is 3. The first-order valence-electron chi connectivity index (χ1n) is 7.72. The lowest BCUT2D eigenvalue weighted by molar-refractivity contribution is -0.137. The van der Waals surface area contributed by atoms with Crippen LogP contribution in [0.3, 0.4) is 0 Å². The lowest BCUT2D eigenvalue weighted by Gasteiger charge is -2.09. The van der Waals surface area contributed by atoms with Crippen molar-refractivity contribution in [3.05, 3.63) is 59.7 Å². The standard InChI is InChI=1S/C18H16F3N3OS/c1-24-16(14-8-3-4-9-15(14)25-2)22-23-17(24)26-11-12-6-5-7-13(10-12)18(19,20)21/h3-10H,11H2,1-2H3. The maximum absolute atomic E-state index is 12.8. The summed E-state index contributed by atoms with van der Waals surface area (Å²) in [5.41, 5.74) is 0.728. The van der Waals surface area contributed by atoms with Gasteiger partial charge in [0.2, 0.25) is 0 Å². The maximum atomic E-state index is 12.8. The van der Waals surface area contributed by atoms with E-state index in [-0.39, 0.29) is 0 Å². The van der Waals surface area contributed by atoms with Gasteiger partial charge in [-0.15, -0.1) is 10.2 Å². The topological polar surface area (TPSA) is 39.9 Å². The predicted molar refractivity (Wildman–Crippen MR) is 94.0 cm³/mol. The van der Waals surface area contributed by atoms with E-state index in [4.69, 9.17) is 4.74 Å². The number of nitrogens with zero attached hydrogens (tertiary/aromatic N) is 3. The van der Waals surface area contributed by atoms with Crippen LogP contribution in [0.4, 0.5) is 13.2 Å². The molecule has 4 nitrogen and oxygen atoms in total. The van der Waals surface area contributed by atoms with Crippen molar-refractivity contribution in [1.82, 2.24) is 14.8 Å². The fourth-order valence-corrected chi connectivity index (χ4v) is 3.34. The third-order valence-electron chi connectivity index (χ3n) is 3.81. The quantitative estimate of drug-likeness (QED) is 0.597. The van der Waals surface area contributed by atoms with Crippen LogP contribution in [-0.4, -0.2) is 21.9 Å². The number of para-hydroxylation sites is 1. The van der Waals surface area contributed by atoms with Crippen molar-refractivity contribution in [2.75, 3.05) is 7.11 Å². The summed E-state index contributed by atoms with van der Waals surface area (Å²) in [4.78, 5) is 0. The molecule has 0 unspecified atom stereocenters. The van der Waals surface area contributed by atoms with Gasteiger partial charge in [0, 0.05) is 12.8 Å². The molecule has 0 aliphatic heterocycles. The molecule has 0 bridgehead atoms. The number of benzene rings is 2. The van der Waals surface area contributed by atoms with Crippen LogP contribution in [0, 0.1) is 0 Å². The summed E-state index contributed by atoms with van der Waals surface area (Å²) < 4.78 is 45.6. The fourth-order valence-electron chi connectivity index (χ4n) is 2.49. The van der Waals surface area contributed by atoms with Crippen LogP contribution in [0.1, 0.15) is 11.1 Å². The van der Waals surface area contributed by atoms with Gasteiger partial charge in [-0.25, -0.2) is 0 Å². The molecule has 0 aliphatic carbocycles. The molecule has 3 rings (SSSR count). The van der Waals surface area contributed by atoms with Crippen LogP contribution in [-0.2, 0) is 19.0 Å². The Morgan fingerprint density at radius 1 is 1.08 bits per heavy atom. The molecule has 0 spiro atoms. The average molecular weight is 379 g/mol. The number of thioether (sulfide) groups is 1. The van der Waals surface area contributed by atoms with Crippen LogP contribution in [0.5, 0.6) is 5.75 Å². The van der Waals surface area contributed by atoms with Gasteiger partial charge in [-0.05, 0) is 23.8 Å². The zero-order chi connectivity index (χ0) is 18.7. The van der Waals surface area contributed by atoms with Gasteiger partial charge < -0.3 is 9.30 Å². The third kappa shape index (κ3) is 3.85. The van der Waals surface area contributed by atoms with Gasteiger partial charge in [0.1, 0.15) is 5.75 Å². The van der Waals surface area contributed by atoms with Gasteiger partial charge in [0.15, 0.2) is 11.0 Å². The molecule has 8 heteroatoms. The molecule has 0 fully saturated rings. The first kappa shape index (κ1) is 18.3. The van der Waals surface area contributed by atoms with Gasteiger partial charge in [-0.2, -0.15) is 13.2 Å². The number of rotatable bonds is 5. The Balaban J connectivity index is 1.80. The van der Waals surface area contributed by atoms with Crippen LogP contribution in [0.15, 0.2) is 53.7 Å². The summed E-state index contributed by atoms with van der Waals surface area (Å²) in [6, 6.07) is 12.8. The van der Waals surface area contributed by atoms with Crippen molar-refractivity contribution >= 4 is 11.8 Å². The lowest BCUT2D eigenvalue weighted by Crippen LogP contribution is -2.05. The highest BCUT2D eigenvalue weighted by molar-refractivity contribution is 7.98. The van der Waals surface area contributed by atoms with Crippen molar-refractivity contribution < 1.29 is 17.9 Å². The van der Waals surface area contributed by atoms with Crippen LogP contribution in [0.2, 0.25) is 0 Å². The van der Waals surface area contributed by atoms with E-state index in [1.807, 2.05) is 31.3 Å². The van der Waals surface area contributed by atoms with E-state index in [1.165, 1.54) is 17.8 Å². The minimum absolute atomic E-state index is 0.363. The monoisotopic (exact) mass is 379 g/mol. The number of alkyl halides is 3. The highest BCUT2D eigenvalue weighted by Crippen LogP contribution is 2.33. The largest absolute Gasteiger partial charge is 0.496 e. The molecule has 26 heavy (non-hydrogen) atoms. The van der Waals surface area contributed by atoms with Crippen LogP contribution in [0.25, 0.3) is 11.4 Å². The number of ether oxygens (including phenoxy) is 1. The molecule has 0 saturated heterocycles. The molecule has 2 aromatic carbocycles. The molecule has 0 aliphatic rings. The summed E-state index contributed by atoms with van der Waals surface area (Å²) in [6.45, 7) is 0. The molecule has 1 aromatic heterocycles. The van der Waals surface area contributed by atoms with Gasteiger partial charge in [0.25, 0.3) is 0 Å². The molecule has 0 amide bonds. The van der Waals surface area contributed by atoms with Crippen molar-refractivity contribution in [2.24, 2.45) is 7.05 Å². The second kappa shape index (κ2) is 7.41. The van der Waals surface area contributed by atoms with E-state index in [1.54, 1.807) is 17.7 Å². The Bertz CT molecular complexity index is 909. The van der Waals surface area contributed by atoms with E-state index in [2.05, 4.69) is 10.2 Å². The normalized spacial score (nSPS) is 11.6. The minimum atomic E-state index is -4.34. The zero-order valence-electron chi connectivity index (χ0n) is 14.1. The van der Waals surface area contributed by atoms with E-state index in [9.17, 15) is 13.2 Å². The molecule has 1 heterocycles. The summed E-state index contributed by atoms with van der Waals surface area (Å²) in [5.74, 6) is 1.67. The average Bonchev–Trinajstić information content (AvgIpc) is 3.00. The summed E-state index contributed by atoms with van der Waals surface area (Å²) in [7, 11) is 3.40. The summed E-state index contributed by atoms with van der Waals surface area (Å²) in [6.07, 6.45) is -4.34. The number of methoxy groups -OCH3 is 1. The summed E-state index contributed by atoms with van der Waals surface area (Å²) in [5, 5.41) is 8.96. The molecule has 0 N–H and O–H groups in total. The maximum Gasteiger partial charge on any atom is 0.416 e. The van der Waals surface area contributed by atoms with Gasteiger partial charge in [0.05, 0.1) is 18.2 Å². The van der Waals surface area contributed by atoms with Crippen molar-refractivity contribution in [3.8, 4) is 17.1 Å². The molecular formula is C18H16F3N3OS. The smallest absolute Gasteiger partial charge is 0.416 e. The first-order valence-corrected chi connectivity index (χ1v) is 8.70. The Morgan fingerprint density at radius 3 is 2.58 bits per heavy atom. The second-order valence-corrected chi connectivity index (χ2v) is 6.49. The van der Waals surface area contributed by atoms with Gasteiger partial charge in [-0.1, -0.05) is 42.1 Å². The second-order valence-electron chi connectivity index (χ2n) is 5.55. The number of hydrogen-bond acceptors (Lipinski definition) is 4. The predicted octanol–water partition coefficient (Wildman–Crippen LogP) is 4.80. The summed E-state index contributed by atoms with van der Waals surface area (Å²) >= 11 is 1.33. The lowest BCUT2D eigenvalue weighted by atomic mass is 10.1. The van der Waals surface area contributed by atoms with Crippen molar-refractivity contribution in [1.29, 1.82) is 0 Å².